The number of rotatable bonds is 5. The van der Waals surface area contributed by atoms with Gasteiger partial charge in [-0.3, -0.25) is 0 Å². The molecule has 0 heterocycles. The number of benzene rings is 1. The van der Waals surface area contributed by atoms with Gasteiger partial charge in [0, 0.05) is 29.9 Å². The maximum absolute atomic E-state index is 11.6. The first-order valence-electron chi connectivity index (χ1n) is 5.18. The van der Waals surface area contributed by atoms with Gasteiger partial charge in [0.25, 0.3) is 0 Å². The van der Waals surface area contributed by atoms with Gasteiger partial charge in [-0.2, -0.15) is 0 Å². The number of aliphatic hydroxyl groups is 1. The van der Waals surface area contributed by atoms with Gasteiger partial charge in [-0.15, -0.1) is 0 Å². The molecule has 0 radical (unpaired) electrons. The van der Waals surface area contributed by atoms with Crippen molar-refractivity contribution in [2.24, 2.45) is 0 Å². The Labute approximate surface area is 107 Å². The fraction of sp³-hybridized carbons (Fsp3) is 0.455. The highest BCUT2D eigenvalue weighted by Crippen LogP contribution is 2.23. The number of nitrogens with one attached hydrogen (secondary N) is 1. The van der Waals surface area contributed by atoms with Crippen LogP contribution in [0.5, 0.6) is 0 Å². The second-order valence-electron chi connectivity index (χ2n) is 3.97. The van der Waals surface area contributed by atoms with Crippen LogP contribution in [0.3, 0.4) is 0 Å². The lowest BCUT2D eigenvalue weighted by Gasteiger charge is -2.12. The molecule has 0 aliphatic heterocycles. The third-order valence-electron chi connectivity index (χ3n) is 2.22. The van der Waals surface area contributed by atoms with Crippen LogP contribution >= 0.6 is 11.6 Å². The fourth-order valence-electron chi connectivity index (χ4n) is 1.46. The van der Waals surface area contributed by atoms with E-state index in [2.05, 4.69) is 5.32 Å². The molecule has 2 N–H and O–H groups in total. The van der Waals surface area contributed by atoms with Gasteiger partial charge in [0.1, 0.15) is 0 Å². The molecule has 4 nitrogen and oxygen atoms in total. The van der Waals surface area contributed by atoms with Gasteiger partial charge in [-0.1, -0.05) is 17.7 Å². The van der Waals surface area contributed by atoms with E-state index in [0.717, 1.165) is 6.26 Å². The highest BCUT2D eigenvalue weighted by atomic mass is 35.5. The van der Waals surface area contributed by atoms with Crippen LogP contribution in [0.4, 0.5) is 0 Å². The molecule has 1 atom stereocenters. The van der Waals surface area contributed by atoms with Crippen molar-refractivity contribution in [2.75, 3.05) is 12.8 Å². The second kappa shape index (κ2) is 5.82. The predicted octanol–water partition coefficient (Wildman–Crippen LogP) is 1.21. The maximum Gasteiger partial charge on any atom is 0.175 e. The first-order chi connectivity index (χ1) is 7.82. The Morgan fingerprint density at radius 3 is 2.65 bits per heavy atom. The summed E-state index contributed by atoms with van der Waals surface area (Å²) < 4.78 is 23.1. The zero-order valence-corrected chi connectivity index (χ0v) is 11.3. The van der Waals surface area contributed by atoms with Crippen molar-refractivity contribution in [1.82, 2.24) is 5.32 Å². The molecule has 1 rings (SSSR count). The Morgan fingerprint density at radius 2 is 2.12 bits per heavy atom. The van der Waals surface area contributed by atoms with E-state index in [1.54, 1.807) is 19.1 Å². The van der Waals surface area contributed by atoms with E-state index in [1.165, 1.54) is 6.07 Å². The largest absolute Gasteiger partial charge is 0.392 e. The molecule has 0 bridgehead atoms. The molecule has 1 unspecified atom stereocenters. The first-order valence-corrected chi connectivity index (χ1v) is 7.45. The first kappa shape index (κ1) is 14.4. The minimum Gasteiger partial charge on any atom is -0.392 e. The van der Waals surface area contributed by atoms with Gasteiger partial charge < -0.3 is 10.4 Å². The molecule has 0 aromatic heterocycles. The number of hydrogen-bond acceptors (Lipinski definition) is 4. The minimum absolute atomic E-state index is 0.225. The van der Waals surface area contributed by atoms with Crippen LogP contribution in [0.1, 0.15) is 12.5 Å². The van der Waals surface area contributed by atoms with Gasteiger partial charge in [-0.05, 0) is 19.1 Å². The summed E-state index contributed by atoms with van der Waals surface area (Å²) in [5.41, 5.74) is 0.539. The molecule has 17 heavy (non-hydrogen) atoms. The standard InChI is InChI=1S/C11H16ClNO3S/c1-8(14)6-13-7-9-10(12)4-3-5-11(9)17(2,15)16/h3-5,8,13-14H,6-7H2,1-2H3. The van der Waals surface area contributed by atoms with Crippen molar-refractivity contribution < 1.29 is 13.5 Å². The van der Waals surface area contributed by atoms with Crippen LogP contribution in [0.25, 0.3) is 0 Å². The molecule has 6 heteroatoms. The Balaban J connectivity index is 2.97. The molecule has 1 aromatic carbocycles. The number of sulfone groups is 1. The second-order valence-corrected chi connectivity index (χ2v) is 6.36. The summed E-state index contributed by atoms with van der Waals surface area (Å²) in [7, 11) is -3.29. The lowest BCUT2D eigenvalue weighted by Crippen LogP contribution is -2.24. The van der Waals surface area contributed by atoms with Gasteiger partial charge in [0.05, 0.1) is 11.0 Å². The van der Waals surface area contributed by atoms with Crippen LogP contribution in [0.15, 0.2) is 23.1 Å². The average Bonchev–Trinajstić information content (AvgIpc) is 2.18. The molecule has 0 saturated heterocycles. The Bertz CT molecular complexity index is 485. The lowest BCUT2D eigenvalue weighted by atomic mass is 10.2. The topological polar surface area (TPSA) is 66.4 Å². The summed E-state index contributed by atoms with van der Waals surface area (Å²) in [5, 5.41) is 12.5. The van der Waals surface area contributed by atoms with Crippen LogP contribution in [0.2, 0.25) is 5.02 Å². The zero-order valence-electron chi connectivity index (χ0n) is 9.77. The summed E-state index contributed by atoms with van der Waals surface area (Å²) in [6.07, 6.45) is 0.663. The van der Waals surface area contributed by atoms with Gasteiger partial charge in [0.15, 0.2) is 9.84 Å². The van der Waals surface area contributed by atoms with Crippen molar-refractivity contribution in [3.8, 4) is 0 Å². The Kier molecular flexibility index (Phi) is 4.94. The predicted molar refractivity (Wildman–Crippen MR) is 67.9 cm³/mol. The molecule has 0 aliphatic carbocycles. The lowest BCUT2D eigenvalue weighted by molar-refractivity contribution is 0.191. The third-order valence-corrected chi connectivity index (χ3v) is 3.75. The summed E-state index contributed by atoms with van der Waals surface area (Å²) in [5.74, 6) is 0. The van der Waals surface area contributed by atoms with Crippen LogP contribution < -0.4 is 5.32 Å². The number of hydrogen-bond donors (Lipinski definition) is 2. The molecule has 0 saturated carbocycles. The van der Waals surface area contributed by atoms with E-state index in [-0.39, 0.29) is 4.90 Å². The highest BCUT2D eigenvalue weighted by molar-refractivity contribution is 7.90. The van der Waals surface area contributed by atoms with E-state index in [1.807, 2.05) is 0 Å². The molecule has 96 valence electrons. The quantitative estimate of drug-likeness (QED) is 0.849. The Hall–Kier alpha value is -0.620. The summed E-state index contributed by atoms with van der Waals surface area (Å²) in [6, 6.07) is 4.78. The Morgan fingerprint density at radius 1 is 1.47 bits per heavy atom. The van der Waals surface area contributed by atoms with Gasteiger partial charge >= 0.3 is 0 Å². The maximum atomic E-state index is 11.6. The van der Waals surface area contributed by atoms with Crippen molar-refractivity contribution in [2.45, 2.75) is 24.5 Å². The molecule has 0 fully saturated rings. The zero-order chi connectivity index (χ0) is 13.1. The minimum atomic E-state index is -3.29. The van der Waals surface area contributed by atoms with Crippen molar-refractivity contribution in [3.05, 3.63) is 28.8 Å². The van der Waals surface area contributed by atoms with E-state index >= 15 is 0 Å². The molecule has 0 aliphatic rings. The number of halogens is 1. The summed E-state index contributed by atoms with van der Waals surface area (Å²) in [6.45, 7) is 2.35. The van der Waals surface area contributed by atoms with Crippen molar-refractivity contribution >= 4 is 21.4 Å². The average molecular weight is 278 g/mol. The van der Waals surface area contributed by atoms with Crippen LogP contribution in [-0.2, 0) is 16.4 Å². The molecular weight excluding hydrogens is 262 g/mol. The molecule has 1 aromatic rings. The smallest absolute Gasteiger partial charge is 0.175 e. The van der Waals surface area contributed by atoms with Crippen LogP contribution in [-0.4, -0.2) is 32.4 Å². The van der Waals surface area contributed by atoms with Gasteiger partial charge in [-0.25, -0.2) is 8.42 Å². The van der Waals surface area contributed by atoms with Crippen molar-refractivity contribution in [3.63, 3.8) is 0 Å². The van der Waals surface area contributed by atoms with Gasteiger partial charge in [0.2, 0.25) is 0 Å². The molecule has 0 amide bonds. The third kappa shape index (κ3) is 4.27. The summed E-state index contributed by atoms with van der Waals surface area (Å²) in [4.78, 5) is 0.225. The fourth-order valence-corrected chi connectivity index (χ4v) is 2.72. The van der Waals surface area contributed by atoms with E-state index in [4.69, 9.17) is 16.7 Å². The normalized spacial score (nSPS) is 13.6. The number of aliphatic hydroxyl groups excluding tert-OH is 1. The summed E-state index contributed by atoms with van der Waals surface area (Å²) >= 11 is 5.98. The van der Waals surface area contributed by atoms with E-state index < -0.39 is 15.9 Å². The van der Waals surface area contributed by atoms with E-state index in [9.17, 15) is 8.42 Å². The SMILES string of the molecule is CC(O)CNCc1c(Cl)cccc1S(C)(=O)=O. The molecule has 0 spiro atoms. The molecular formula is C11H16ClNO3S. The highest BCUT2D eigenvalue weighted by Gasteiger charge is 2.15. The van der Waals surface area contributed by atoms with Crippen molar-refractivity contribution in [1.29, 1.82) is 0 Å². The monoisotopic (exact) mass is 277 g/mol. The van der Waals surface area contributed by atoms with E-state index in [0.29, 0.717) is 23.7 Å². The van der Waals surface area contributed by atoms with Crippen LogP contribution in [0, 0.1) is 0 Å².